The van der Waals surface area contributed by atoms with Crippen LogP contribution in [0.4, 0.5) is 4.79 Å². The average molecular weight is 325 g/mol. The number of hydrogen-bond acceptors (Lipinski definition) is 3. The van der Waals surface area contributed by atoms with E-state index in [0.717, 1.165) is 16.7 Å². The quantitative estimate of drug-likeness (QED) is 0.942. The number of nitrogens with one attached hydrogen (secondary N) is 1. The van der Waals surface area contributed by atoms with Crippen molar-refractivity contribution in [2.24, 2.45) is 0 Å². The summed E-state index contributed by atoms with van der Waals surface area (Å²) < 4.78 is 5.48. The Morgan fingerprint density at radius 1 is 1.29 bits per heavy atom. The van der Waals surface area contributed by atoms with Crippen LogP contribution in [0.3, 0.4) is 0 Å². The van der Waals surface area contributed by atoms with Crippen LogP contribution in [0.2, 0.25) is 0 Å². The number of ether oxygens (including phenoxy) is 1. The van der Waals surface area contributed by atoms with E-state index in [-0.39, 0.29) is 18.2 Å². The van der Waals surface area contributed by atoms with Crippen molar-refractivity contribution in [3.05, 3.63) is 54.4 Å². The number of hydrogen-bond donors (Lipinski definition) is 1. The van der Waals surface area contributed by atoms with Gasteiger partial charge in [0.1, 0.15) is 0 Å². The van der Waals surface area contributed by atoms with Gasteiger partial charge in [0.25, 0.3) is 0 Å². The third kappa shape index (κ3) is 3.92. The predicted octanol–water partition coefficient (Wildman–Crippen LogP) is 3.24. The van der Waals surface area contributed by atoms with E-state index < -0.39 is 0 Å². The van der Waals surface area contributed by atoms with Crippen LogP contribution in [0.25, 0.3) is 11.1 Å². The Morgan fingerprint density at radius 2 is 2.08 bits per heavy atom. The Balaban J connectivity index is 1.62. The molecule has 1 aromatic heterocycles. The minimum absolute atomic E-state index is 0.0333. The lowest BCUT2D eigenvalue weighted by Gasteiger charge is -2.32. The highest BCUT2D eigenvalue weighted by Crippen LogP contribution is 2.21. The molecule has 0 spiro atoms. The van der Waals surface area contributed by atoms with Gasteiger partial charge in [0.15, 0.2) is 0 Å². The van der Waals surface area contributed by atoms with E-state index in [9.17, 15) is 4.79 Å². The summed E-state index contributed by atoms with van der Waals surface area (Å²) in [6, 6.07) is 12.1. The fourth-order valence-corrected chi connectivity index (χ4v) is 2.86. The molecular formula is C19H23N3O2. The summed E-state index contributed by atoms with van der Waals surface area (Å²) in [7, 11) is 0. The Morgan fingerprint density at radius 3 is 2.75 bits per heavy atom. The summed E-state index contributed by atoms with van der Waals surface area (Å²) >= 11 is 0. The maximum Gasteiger partial charge on any atom is 0.318 e. The van der Waals surface area contributed by atoms with Gasteiger partial charge in [-0.1, -0.05) is 30.3 Å². The van der Waals surface area contributed by atoms with Gasteiger partial charge in [-0.15, -0.1) is 0 Å². The molecular weight excluding hydrogens is 302 g/mol. The van der Waals surface area contributed by atoms with Crippen LogP contribution in [0.1, 0.15) is 25.5 Å². The fraction of sp³-hybridized carbons (Fsp3) is 0.368. The van der Waals surface area contributed by atoms with Gasteiger partial charge in [0.05, 0.1) is 18.8 Å². The largest absolute Gasteiger partial charge is 0.375 e. The fourth-order valence-electron chi connectivity index (χ4n) is 2.86. The smallest absolute Gasteiger partial charge is 0.318 e. The number of amides is 2. The zero-order valence-electron chi connectivity index (χ0n) is 14.1. The zero-order chi connectivity index (χ0) is 16.9. The van der Waals surface area contributed by atoms with Crippen molar-refractivity contribution in [1.82, 2.24) is 15.2 Å². The van der Waals surface area contributed by atoms with E-state index in [1.165, 1.54) is 0 Å². The number of urea groups is 1. The Hall–Kier alpha value is -2.40. The maximum absolute atomic E-state index is 12.4. The summed E-state index contributed by atoms with van der Waals surface area (Å²) in [4.78, 5) is 18.3. The van der Waals surface area contributed by atoms with Gasteiger partial charge in [-0.05, 0) is 36.6 Å². The molecule has 1 aliphatic rings. The lowest BCUT2D eigenvalue weighted by atomic mass is 10.0. The van der Waals surface area contributed by atoms with Crippen LogP contribution >= 0.6 is 0 Å². The van der Waals surface area contributed by atoms with Crippen molar-refractivity contribution >= 4 is 6.03 Å². The van der Waals surface area contributed by atoms with Gasteiger partial charge in [0, 0.05) is 25.5 Å². The Labute approximate surface area is 142 Å². The van der Waals surface area contributed by atoms with Crippen molar-refractivity contribution in [3.8, 4) is 11.1 Å². The second-order valence-corrected chi connectivity index (χ2v) is 6.16. The number of aromatic nitrogens is 1. The first-order valence-corrected chi connectivity index (χ1v) is 8.31. The summed E-state index contributed by atoms with van der Waals surface area (Å²) in [6.45, 7) is 5.87. The number of pyridine rings is 1. The molecule has 2 amide bonds. The van der Waals surface area contributed by atoms with Crippen LogP contribution in [0.5, 0.6) is 0 Å². The topological polar surface area (TPSA) is 54.5 Å². The first-order chi connectivity index (χ1) is 11.6. The molecule has 1 aliphatic heterocycles. The van der Waals surface area contributed by atoms with Crippen molar-refractivity contribution < 1.29 is 9.53 Å². The molecule has 5 heteroatoms. The van der Waals surface area contributed by atoms with Crippen LogP contribution < -0.4 is 5.32 Å². The summed E-state index contributed by atoms with van der Waals surface area (Å²) in [5.74, 6) is 0. The molecule has 1 fully saturated rings. The normalized spacial score (nSPS) is 18.9. The molecule has 0 bridgehead atoms. The average Bonchev–Trinajstić information content (AvgIpc) is 2.62. The van der Waals surface area contributed by atoms with E-state index in [1.54, 1.807) is 6.20 Å². The number of benzene rings is 1. The molecule has 3 rings (SSSR count). The van der Waals surface area contributed by atoms with Crippen LogP contribution in [-0.2, 0) is 4.74 Å². The highest BCUT2D eigenvalue weighted by Gasteiger charge is 2.22. The molecule has 1 aromatic carbocycles. The van der Waals surface area contributed by atoms with Gasteiger partial charge in [-0.2, -0.15) is 0 Å². The van der Waals surface area contributed by atoms with Gasteiger partial charge in [-0.25, -0.2) is 4.79 Å². The predicted molar refractivity (Wildman–Crippen MR) is 93.6 cm³/mol. The monoisotopic (exact) mass is 325 g/mol. The molecule has 0 aliphatic carbocycles. The third-order valence-corrected chi connectivity index (χ3v) is 4.27. The first kappa shape index (κ1) is 16.5. The number of carbonyl (C=O) groups is 1. The standard InChI is InChI=1S/C19H23N3O2/c1-14-13-22(10-11-24-14)19(23)21-15(2)16-5-7-17(8-6-16)18-4-3-9-20-12-18/h3-9,12,14-15H,10-11,13H2,1-2H3,(H,21,23)/t14-,15-/m1/s1. The van der Waals surface area contributed by atoms with Crippen molar-refractivity contribution in [2.75, 3.05) is 19.7 Å². The van der Waals surface area contributed by atoms with E-state index in [0.29, 0.717) is 19.7 Å². The van der Waals surface area contributed by atoms with E-state index in [4.69, 9.17) is 4.74 Å². The third-order valence-electron chi connectivity index (χ3n) is 4.27. The van der Waals surface area contributed by atoms with Crippen LogP contribution in [-0.4, -0.2) is 41.7 Å². The van der Waals surface area contributed by atoms with Crippen LogP contribution in [0.15, 0.2) is 48.8 Å². The first-order valence-electron chi connectivity index (χ1n) is 8.31. The molecule has 0 saturated carbocycles. The molecule has 2 aromatic rings. The molecule has 2 atom stereocenters. The van der Waals surface area contributed by atoms with Gasteiger partial charge < -0.3 is 15.0 Å². The SMILES string of the molecule is C[C@@H]1CN(C(=O)N[C@H](C)c2ccc(-c3cccnc3)cc2)CCO1. The number of morpholine rings is 1. The molecule has 0 unspecified atom stereocenters. The summed E-state index contributed by atoms with van der Waals surface area (Å²) in [5, 5.41) is 3.06. The van der Waals surface area contributed by atoms with E-state index >= 15 is 0 Å². The minimum atomic E-state index is -0.0430. The molecule has 5 nitrogen and oxygen atoms in total. The van der Waals surface area contributed by atoms with Gasteiger partial charge in [-0.3, -0.25) is 4.98 Å². The van der Waals surface area contributed by atoms with Crippen LogP contribution in [0, 0.1) is 0 Å². The molecule has 1 N–H and O–H groups in total. The van der Waals surface area contributed by atoms with Gasteiger partial charge in [0.2, 0.25) is 0 Å². The number of nitrogens with zero attached hydrogens (tertiary/aromatic N) is 2. The summed E-state index contributed by atoms with van der Waals surface area (Å²) in [5.41, 5.74) is 3.28. The highest BCUT2D eigenvalue weighted by atomic mass is 16.5. The maximum atomic E-state index is 12.4. The highest BCUT2D eigenvalue weighted by molar-refractivity contribution is 5.75. The lowest BCUT2D eigenvalue weighted by Crippen LogP contribution is -2.49. The van der Waals surface area contributed by atoms with Crippen molar-refractivity contribution in [2.45, 2.75) is 26.0 Å². The van der Waals surface area contributed by atoms with Gasteiger partial charge >= 0.3 is 6.03 Å². The lowest BCUT2D eigenvalue weighted by molar-refractivity contribution is -0.00380. The number of carbonyl (C=O) groups excluding carboxylic acids is 1. The van der Waals surface area contributed by atoms with E-state index in [1.807, 2.05) is 37.1 Å². The Bertz CT molecular complexity index is 673. The minimum Gasteiger partial charge on any atom is -0.375 e. The van der Waals surface area contributed by atoms with E-state index in [2.05, 4.69) is 34.6 Å². The Kier molecular flexibility index (Phi) is 5.11. The molecule has 24 heavy (non-hydrogen) atoms. The molecule has 0 radical (unpaired) electrons. The molecule has 1 saturated heterocycles. The summed E-state index contributed by atoms with van der Waals surface area (Å²) in [6.07, 6.45) is 3.71. The molecule has 126 valence electrons. The zero-order valence-corrected chi connectivity index (χ0v) is 14.1. The van der Waals surface area contributed by atoms with Crippen molar-refractivity contribution in [3.63, 3.8) is 0 Å². The van der Waals surface area contributed by atoms with Crippen molar-refractivity contribution in [1.29, 1.82) is 0 Å². The molecule has 2 heterocycles. The number of rotatable bonds is 3. The second kappa shape index (κ2) is 7.45. The second-order valence-electron chi connectivity index (χ2n) is 6.16.